The van der Waals surface area contributed by atoms with E-state index in [1.807, 2.05) is 36.4 Å². The summed E-state index contributed by atoms with van der Waals surface area (Å²) in [6.07, 6.45) is 1.85. The van der Waals surface area contributed by atoms with E-state index in [0.717, 1.165) is 22.0 Å². The fraction of sp³-hybridized carbons (Fsp3) is 0. The Bertz CT molecular complexity index is 683. The van der Waals surface area contributed by atoms with Crippen LogP contribution >= 0.6 is 0 Å². The number of benzene rings is 2. The normalized spacial score (nSPS) is 10.8. The number of para-hydroxylation sites is 2. The SMILES string of the molecule is C=Cc1cccc2cc3ccccc3nc12. The van der Waals surface area contributed by atoms with Gasteiger partial charge in [-0.05, 0) is 12.1 Å². The summed E-state index contributed by atoms with van der Waals surface area (Å²) >= 11 is 0. The fourth-order valence-electron chi connectivity index (χ4n) is 1.99. The van der Waals surface area contributed by atoms with Crippen LogP contribution in [0.1, 0.15) is 5.56 Å². The molecule has 16 heavy (non-hydrogen) atoms. The predicted octanol–water partition coefficient (Wildman–Crippen LogP) is 4.03. The number of pyridine rings is 1. The Labute approximate surface area is 94.1 Å². The maximum Gasteiger partial charge on any atom is 0.0781 e. The third kappa shape index (κ3) is 1.29. The average Bonchev–Trinajstić information content (AvgIpc) is 2.35. The van der Waals surface area contributed by atoms with Crippen LogP contribution in [0.5, 0.6) is 0 Å². The van der Waals surface area contributed by atoms with Crippen LogP contribution in [0.25, 0.3) is 27.9 Å². The summed E-state index contributed by atoms with van der Waals surface area (Å²) in [7, 11) is 0. The van der Waals surface area contributed by atoms with Crippen LogP contribution in [-0.2, 0) is 0 Å². The molecular weight excluding hydrogens is 194 g/mol. The molecule has 1 aromatic heterocycles. The molecule has 0 saturated carbocycles. The standard InChI is InChI=1S/C15H11N/c1-2-11-7-5-8-13-10-12-6-3-4-9-14(12)16-15(11)13/h2-10H,1H2. The zero-order valence-electron chi connectivity index (χ0n) is 8.85. The molecule has 1 nitrogen and oxygen atoms in total. The second-order valence-corrected chi connectivity index (χ2v) is 3.80. The van der Waals surface area contributed by atoms with Crippen molar-refractivity contribution in [3.05, 3.63) is 60.7 Å². The number of nitrogens with zero attached hydrogens (tertiary/aromatic N) is 1. The number of hydrogen-bond donors (Lipinski definition) is 0. The van der Waals surface area contributed by atoms with Gasteiger partial charge < -0.3 is 0 Å². The Morgan fingerprint density at radius 1 is 0.938 bits per heavy atom. The molecule has 0 fully saturated rings. The lowest BCUT2D eigenvalue weighted by Gasteiger charge is -2.03. The second kappa shape index (κ2) is 3.46. The van der Waals surface area contributed by atoms with E-state index in [2.05, 4.69) is 29.8 Å². The van der Waals surface area contributed by atoms with Crippen molar-refractivity contribution in [2.24, 2.45) is 0 Å². The van der Waals surface area contributed by atoms with E-state index >= 15 is 0 Å². The quantitative estimate of drug-likeness (QED) is 0.546. The first-order valence-corrected chi connectivity index (χ1v) is 5.29. The highest BCUT2D eigenvalue weighted by Gasteiger charge is 2.01. The molecule has 0 aliphatic rings. The molecule has 0 aliphatic heterocycles. The van der Waals surface area contributed by atoms with Crippen molar-refractivity contribution in [2.45, 2.75) is 0 Å². The van der Waals surface area contributed by atoms with Crippen LogP contribution in [0.15, 0.2) is 55.1 Å². The van der Waals surface area contributed by atoms with Gasteiger partial charge in [0.25, 0.3) is 0 Å². The van der Waals surface area contributed by atoms with Crippen LogP contribution in [0, 0.1) is 0 Å². The summed E-state index contributed by atoms with van der Waals surface area (Å²) in [5.74, 6) is 0. The van der Waals surface area contributed by atoms with Gasteiger partial charge in [-0.1, -0.05) is 49.1 Å². The zero-order chi connectivity index (χ0) is 11.0. The minimum absolute atomic E-state index is 1.02. The van der Waals surface area contributed by atoms with E-state index in [9.17, 15) is 0 Å². The zero-order valence-corrected chi connectivity index (χ0v) is 8.85. The fourth-order valence-corrected chi connectivity index (χ4v) is 1.99. The van der Waals surface area contributed by atoms with Crippen molar-refractivity contribution in [3.63, 3.8) is 0 Å². The highest BCUT2D eigenvalue weighted by Crippen LogP contribution is 2.22. The van der Waals surface area contributed by atoms with Gasteiger partial charge in [0.2, 0.25) is 0 Å². The molecule has 0 saturated heterocycles. The Hall–Kier alpha value is -2.15. The molecule has 0 radical (unpaired) electrons. The lowest BCUT2D eigenvalue weighted by molar-refractivity contribution is 1.49. The van der Waals surface area contributed by atoms with Crippen molar-refractivity contribution < 1.29 is 0 Å². The third-order valence-corrected chi connectivity index (χ3v) is 2.80. The molecule has 0 atom stereocenters. The van der Waals surface area contributed by atoms with Gasteiger partial charge in [-0.15, -0.1) is 0 Å². The van der Waals surface area contributed by atoms with Gasteiger partial charge in [-0.3, -0.25) is 0 Å². The smallest absolute Gasteiger partial charge is 0.0781 e. The number of hydrogen-bond acceptors (Lipinski definition) is 1. The summed E-state index contributed by atoms with van der Waals surface area (Å²) in [5.41, 5.74) is 3.14. The largest absolute Gasteiger partial charge is 0.247 e. The van der Waals surface area contributed by atoms with Crippen LogP contribution in [0.3, 0.4) is 0 Å². The van der Waals surface area contributed by atoms with Crippen molar-refractivity contribution in [1.29, 1.82) is 0 Å². The van der Waals surface area contributed by atoms with E-state index < -0.39 is 0 Å². The topological polar surface area (TPSA) is 12.9 Å². The minimum atomic E-state index is 1.02. The maximum atomic E-state index is 4.68. The lowest BCUT2D eigenvalue weighted by Crippen LogP contribution is -1.84. The molecule has 0 bridgehead atoms. The Morgan fingerprint density at radius 3 is 2.62 bits per heavy atom. The molecule has 3 rings (SSSR count). The molecule has 0 aliphatic carbocycles. The molecule has 1 heteroatoms. The number of rotatable bonds is 1. The highest BCUT2D eigenvalue weighted by atomic mass is 14.7. The highest BCUT2D eigenvalue weighted by molar-refractivity contribution is 5.96. The van der Waals surface area contributed by atoms with Crippen molar-refractivity contribution >= 4 is 27.9 Å². The predicted molar refractivity (Wildman–Crippen MR) is 69.3 cm³/mol. The van der Waals surface area contributed by atoms with Gasteiger partial charge in [0.1, 0.15) is 0 Å². The summed E-state index contributed by atoms with van der Waals surface area (Å²) in [4.78, 5) is 4.68. The van der Waals surface area contributed by atoms with Crippen LogP contribution in [-0.4, -0.2) is 4.98 Å². The van der Waals surface area contributed by atoms with Crippen LogP contribution in [0.2, 0.25) is 0 Å². The van der Waals surface area contributed by atoms with Gasteiger partial charge in [0, 0.05) is 16.3 Å². The monoisotopic (exact) mass is 205 g/mol. The van der Waals surface area contributed by atoms with E-state index in [1.54, 1.807) is 0 Å². The van der Waals surface area contributed by atoms with Crippen LogP contribution < -0.4 is 0 Å². The van der Waals surface area contributed by atoms with Gasteiger partial charge in [0.15, 0.2) is 0 Å². The molecule has 0 N–H and O–H groups in total. The number of fused-ring (bicyclic) bond motifs is 2. The van der Waals surface area contributed by atoms with Crippen molar-refractivity contribution in [1.82, 2.24) is 4.98 Å². The Balaban J connectivity index is 2.51. The number of aromatic nitrogens is 1. The van der Waals surface area contributed by atoms with E-state index in [1.165, 1.54) is 5.39 Å². The van der Waals surface area contributed by atoms with Gasteiger partial charge >= 0.3 is 0 Å². The van der Waals surface area contributed by atoms with Crippen molar-refractivity contribution in [2.75, 3.05) is 0 Å². The van der Waals surface area contributed by atoms with Gasteiger partial charge in [0.05, 0.1) is 11.0 Å². The first-order chi connectivity index (χ1) is 7.88. The minimum Gasteiger partial charge on any atom is -0.247 e. The molecule has 0 amide bonds. The summed E-state index contributed by atoms with van der Waals surface area (Å²) in [5, 5.41) is 2.34. The molecule has 1 heterocycles. The van der Waals surface area contributed by atoms with Crippen LogP contribution in [0.4, 0.5) is 0 Å². The molecule has 76 valence electrons. The van der Waals surface area contributed by atoms with Crippen molar-refractivity contribution in [3.8, 4) is 0 Å². The Kier molecular flexibility index (Phi) is 1.97. The summed E-state index contributed by atoms with van der Waals surface area (Å²) in [6, 6.07) is 16.5. The summed E-state index contributed by atoms with van der Waals surface area (Å²) < 4.78 is 0. The molecule has 0 spiro atoms. The third-order valence-electron chi connectivity index (χ3n) is 2.80. The van der Waals surface area contributed by atoms with Gasteiger partial charge in [-0.2, -0.15) is 0 Å². The molecule has 2 aromatic carbocycles. The average molecular weight is 205 g/mol. The van der Waals surface area contributed by atoms with E-state index in [4.69, 9.17) is 0 Å². The Morgan fingerprint density at radius 2 is 1.75 bits per heavy atom. The molecule has 0 unspecified atom stereocenters. The van der Waals surface area contributed by atoms with Gasteiger partial charge in [-0.25, -0.2) is 4.98 Å². The molecular formula is C15H11N. The molecule has 3 aromatic rings. The van der Waals surface area contributed by atoms with E-state index in [0.29, 0.717) is 0 Å². The summed E-state index contributed by atoms with van der Waals surface area (Å²) in [6.45, 7) is 3.82. The van der Waals surface area contributed by atoms with E-state index in [-0.39, 0.29) is 0 Å². The maximum absolute atomic E-state index is 4.68. The first kappa shape index (κ1) is 9.10. The lowest BCUT2D eigenvalue weighted by atomic mass is 10.1. The first-order valence-electron chi connectivity index (χ1n) is 5.29. The second-order valence-electron chi connectivity index (χ2n) is 3.80.